The number of carbonyl (C=O) groups is 1. The smallest absolute Gasteiger partial charge is 0.243 e. The first-order chi connectivity index (χ1) is 11.5. The average molecular weight is 365 g/mol. The molecule has 1 heterocycles. The molecule has 0 atom stereocenters. The van der Waals surface area contributed by atoms with Crippen molar-refractivity contribution < 1.29 is 4.79 Å². The van der Waals surface area contributed by atoms with Crippen LogP contribution in [0.1, 0.15) is 35.4 Å². The van der Waals surface area contributed by atoms with Crippen LogP contribution < -0.4 is 5.43 Å². The molecule has 24 heavy (non-hydrogen) atoms. The van der Waals surface area contributed by atoms with E-state index in [4.69, 9.17) is 23.2 Å². The van der Waals surface area contributed by atoms with Crippen molar-refractivity contribution in [1.82, 2.24) is 15.2 Å². The quantitative estimate of drug-likeness (QED) is 0.649. The van der Waals surface area contributed by atoms with Gasteiger partial charge in [0.05, 0.1) is 18.5 Å². The lowest BCUT2D eigenvalue weighted by atomic mass is 10.2. The second-order valence-corrected chi connectivity index (χ2v) is 6.77. The Kier molecular flexibility index (Phi) is 4.92. The summed E-state index contributed by atoms with van der Waals surface area (Å²) in [6, 6.07) is 5.43. The Labute approximate surface area is 150 Å². The molecule has 126 valence electrons. The van der Waals surface area contributed by atoms with Gasteiger partial charge in [-0.15, -0.1) is 0 Å². The van der Waals surface area contributed by atoms with Crippen molar-refractivity contribution in [2.45, 2.75) is 33.2 Å². The fourth-order valence-corrected chi connectivity index (χ4v) is 3.00. The number of nitrogens with one attached hydrogen (secondary N) is 1. The number of rotatable bonds is 5. The van der Waals surface area contributed by atoms with Crippen molar-refractivity contribution in [3.8, 4) is 0 Å². The summed E-state index contributed by atoms with van der Waals surface area (Å²) in [5, 5.41) is 9.80. The van der Waals surface area contributed by atoms with E-state index in [0.717, 1.165) is 35.4 Å². The highest BCUT2D eigenvalue weighted by Gasteiger charge is 2.29. The summed E-state index contributed by atoms with van der Waals surface area (Å²) in [6.07, 6.45) is 3.55. The van der Waals surface area contributed by atoms with Crippen LogP contribution >= 0.6 is 23.2 Å². The number of hydrogen-bond donors (Lipinski definition) is 1. The Morgan fingerprint density at radius 3 is 2.67 bits per heavy atom. The minimum atomic E-state index is -0.0169. The Hall–Kier alpha value is -1.85. The van der Waals surface area contributed by atoms with Gasteiger partial charge in [-0.3, -0.25) is 9.48 Å². The van der Waals surface area contributed by atoms with Gasteiger partial charge in [0.1, 0.15) is 0 Å². The topological polar surface area (TPSA) is 59.3 Å². The third-order valence-electron chi connectivity index (χ3n) is 4.12. The van der Waals surface area contributed by atoms with E-state index < -0.39 is 0 Å². The molecule has 1 aliphatic carbocycles. The van der Waals surface area contributed by atoms with E-state index in [1.807, 2.05) is 36.7 Å². The van der Waals surface area contributed by atoms with Crippen molar-refractivity contribution in [3.63, 3.8) is 0 Å². The van der Waals surface area contributed by atoms with Crippen LogP contribution in [-0.2, 0) is 11.3 Å². The predicted molar refractivity (Wildman–Crippen MR) is 95.7 cm³/mol. The summed E-state index contributed by atoms with van der Waals surface area (Å²) in [4.78, 5) is 11.6. The van der Waals surface area contributed by atoms with Gasteiger partial charge in [-0.2, -0.15) is 10.2 Å². The SMILES string of the molecule is Cc1nn(Cc2c(Cl)cccc2Cl)c(C)c1/C=N\NC(=O)C1CC1. The maximum atomic E-state index is 11.6. The number of nitrogens with zero attached hydrogens (tertiary/aromatic N) is 3. The molecule has 0 spiro atoms. The molecule has 1 aromatic carbocycles. The lowest BCUT2D eigenvalue weighted by Crippen LogP contribution is -2.19. The van der Waals surface area contributed by atoms with Gasteiger partial charge in [-0.05, 0) is 38.8 Å². The van der Waals surface area contributed by atoms with Crippen molar-refractivity contribution in [1.29, 1.82) is 0 Å². The van der Waals surface area contributed by atoms with Crippen LogP contribution in [0.4, 0.5) is 0 Å². The molecule has 7 heteroatoms. The molecule has 1 amide bonds. The summed E-state index contributed by atoms with van der Waals surface area (Å²) in [7, 11) is 0. The molecule has 5 nitrogen and oxygen atoms in total. The summed E-state index contributed by atoms with van der Waals surface area (Å²) >= 11 is 12.5. The second-order valence-electron chi connectivity index (χ2n) is 5.95. The summed E-state index contributed by atoms with van der Waals surface area (Å²) in [5.74, 6) is 0.117. The highest BCUT2D eigenvalue weighted by Crippen LogP contribution is 2.28. The summed E-state index contributed by atoms with van der Waals surface area (Å²) < 4.78 is 1.84. The normalized spacial score (nSPS) is 14.3. The monoisotopic (exact) mass is 364 g/mol. The number of aromatic nitrogens is 2. The molecule has 0 radical (unpaired) electrons. The second kappa shape index (κ2) is 6.95. The number of aryl methyl sites for hydroxylation is 1. The van der Waals surface area contributed by atoms with E-state index in [9.17, 15) is 4.79 Å². The molecular weight excluding hydrogens is 347 g/mol. The Balaban J connectivity index is 1.78. The molecule has 0 saturated heterocycles. The van der Waals surface area contributed by atoms with Gasteiger partial charge >= 0.3 is 0 Å². The van der Waals surface area contributed by atoms with Crippen LogP contribution in [0.15, 0.2) is 23.3 Å². The van der Waals surface area contributed by atoms with Crippen LogP contribution in [0.25, 0.3) is 0 Å². The number of amides is 1. The number of hydrogen-bond acceptors (Lipinski definition) is 3. The van der Waals surface area contributed by atoms with E-state index in [1.165, 1.54) is 0 Å². The van der Waals surface area contributed by atoms with Crippen molar-refractivity contribution >= 4 is 35.3 Å². The highest BCUT2D eigenvalue weighted by molar-refractivity contribution is 6.35. The zero-order chi connectivity index (χ0) is 17.3. The molecule has 2 aromatic rings. The minimum absolute atomic E-state index is 0.0169. The van der Waals surface area contributed by atoms with Crippen molar-refractivity contribution in [2.24, 2.45) is 11.0 Å². The predicted octanol–water partition coefficient (Wildman–Crippen LogP) is 3.72. The number of halogens is 2. The highest BCUT2D eigenvalue weighted by atomic mass is 35.5. The van der Waals surface area contributed by atoms with E-state index >= 15 is 0 Å². The zero-order valence-corrected chi connectivity index (χ0v) is 15.0. The fraction of sp³-hybridized carbons (Fsp3) is 0.353. The van der Waals surface area contributed by atoms with Crippen LogP contribution in [0.3, 0.4) is 0 Å². The molecule has 0 bridgehead atoms. The Morgan fingerprint density at radius 2 is 2.04 bits per heavy atom. The first-order valence-electron chi connectivity index (χ1n) is 7.77. The van der Waals surface area contributed by atoms with Gasteiger partial charge in [0.25, 0.3) is 0 Å². The van der Waals surface area contributed by atoms with Crippen LogP contribution in [0.5, 0.6) is 0 Å². The molecule has 1 N–H and O–H groups in total. The molecule has 3 rings (SSSR count). The molecule has 1 fully saturated rings. The Bertz CT molecular complexity index is 789. The van der Waals surface area contributed by atoms with Crippen molar-refractivity contribution in [2.75, 3.05) is 0 Å². The third-order valence-corrected chi connectivity index (χ3v) is 4.83. The third kappa shape index (κ3) is 3.62. The maximum absolute atomic E-state index is 11.6. The lowest BCUT2D eigenvalue weighted by molar-refractivity contribution is -0.122. The lowest BCUT2D eigenvalue weighted by Gasteiger charge is -2.08. The number of carbonyl (C=O) groups excluding carboxylic acids is 1. The van der Waals surface area contributed by atoms with E-state index in [2.05, 4.69) is 15.6 Å². The minimum Gasteiger partial charge on any atom is -0.273 e. The van der Waals surface area contributed by atoms with E-state index in [1.54, 1.807) is 6.21 Å². The van der Waals surface area contributed by atoms with Gasteiger partial charge in [-0.1, -0.05) is 29.3 Å². The van der Waals surface area contributed by atoms with Crippen LogP contribution in [-0.4, -0.2) is 21.9 Å². The molecule has 1 aliphatic rings. The van der Waals surface area contributed by atoms with E-state index in [0.29, 0.717) is 16.6 Å². The molecular formula is C17H18Cl2N4O. The van der Waals surface area contributed by atoms with E-state index in [-0.39, 0.29) is 11.8 Å². The largest absolute Gasteiger partial charge is 0.273 e. The first kappa shape index (κ1) is 17.0. The number of benzene rings is 1. The van der Waals surface area contributed by atoms with Crippen molar-refractivity contribution in [3.05, 3.63) is 50.8 Å². The van der Waals surface area contributed by atoms with Gasteiger partial charge in [0, 0.05) is 32.8 Å². The summed E-state index contributed by atoms with van der Waals surface area (Å²) in [5.41, 5.74) is 6.06. The van der Waals surface area contributed by atoms with Gasteiger partial charge in [-0.25, -0.2) is 5.43 Å². The van der Waals surface area contributed by atoms with Crippen LogP contribution in [0, 0.1) is 19.8 Å². The molecule has 1 aromatic heterocycles. The molecule has 0 aliphatic heterocycles. The standard InChI is InChI=1S/C17H18Cl2N4O/c1-10-13(8-20-21-17(24)12-6-7-12)11(2)23(22-10)9-14-15(18)4-3-5-16(14)19/h3-5,8,12H,6-7,9H2,1-2H3,(H,21,24)/b20-8-. The van der Waals surface area contributed by atoms with Crippen LogP contribution in [0.2, 0.25) is 10.0 Å². The molecule has 0 unspecified atom stereocenters. The van der Waals surface area contributed by atoms with Gasteiger partial charge in [0.15, 0.2) is 0 Å². The zero-order valence-electron chi connectivity index (χ0n) is 13.5. The Morgan fingerprint density at radius 1 is 1.38 bits per heavy atom. The summed E-state index contributed by atoms with van der Waals surface area (Å²) in [6.45, 7) is 4.34. The van der Waals surface area contributed by atoms with Gasteiger partial charge < -0.3 is 0 Å². The first-order valence-corrected chi connectivity index (χ1v) is 8.52. The molecule has 1 saturated carbocycles. The maximum Gasteiger partial charge on any atom is 0.243 e. The van der Waals surface area contributed by atoms with Gasteiger partial charge in [0.2, 0.25) is 5.91 Å². The average Bonchev–Trinajstić information content (AvgIpc) is 3.34. The fourth-order valence-electron chi connectivity index (χ4n) is 2.48. The number of hydrazone groups is 1.